The number of nitrogens with one attached hydrogen (secondary N) is 1. The molecule has 0 spiro atoms. The first-order chi connectivity index (χ1) is 16.7. The van der Waals surface area contributed by atoms with Crippen LogP contribution < -0.4 is 5.32 Å². The quantitative estimate of drug-likeness (QED) is 0.430. The third kappa shape index (κ3) is 6.08. The first-order valence-corrected chi connectivity index (χ1v) is 13.0. The van der Waals surface area contributed by atoms with Crippen molar-refractivity contribution in [3.8, 4) is 11.8 Å². The average molecular weight is 490 g/mol. The number of benzene rings is 2. The highest BCUT2D eigenvalue weighted by Crippen LogP contribution is 2.40. The summed E-state index contributed by atoms with van der Waals surface area (Å²) in [4.78, 5) is 23.8. The van der Waals surface area contributed by atoms with Gasteiger partial charge in [-0.1, -0.05) is 77.6 Å². The molecule has 0 saturated carbocycles. The van der Waals surface area contributed by atoms with Crippen molar-refractivity contribution in [1.82, 2.24) is 5.32 Å². The van der Waals surface area contributed by atoms with Gasteiger partial charge in [-0.2, -0.15) is 0 Å². The lowest BCUT2D eigenvalue weighted by atomic mass is 9.69. The van der Waals surface area contributed by atoms with Crippen LogP contribution in [-0.2, 0) is 10.2 Å². The molecule has 2 aromatic carbocycles. The molecule has 0 aliphatic heterocycles. The Kier molecular flexibility index (Phi) is 9.32. The number of ketones is 1. The zero-order chi connectivity index (χ0) is 27.3. The van der Waals surface area contributed by atoms with Crippen LogP contribution in [0.5, 0.6) is 0 Å². The van der Waals surface area contributed by atoms with Gasteiger partial charge in [0.2, 0.25) is 0 Å². The van der Waals surface area contributed by atoms with Crippen LogP contribution in [-0.4, -0.2) is 28.9 Å². The second-order valence-corrected chi connectivity index (χ2v) is 10.9. The van der Waals surface area contributed by atoms with Gasteiger partial charge in [-0.3, -0.25) is 9.59 Å². The molecule has 36 heavy (non-hydrogen) atoms. The Bertz CT molecular complexity index is 1170. The van der Waals surface area contributed by atoms with E-state index in [2.05, 4.69) is 62.2 Å². The number of carbonyl (C=O) groups is 2. The van der Waals surface area contributed by atoms with Crippen LogP contribution in [0.25, 0.3) is 0 Å². The monoisotopic (exact) mass is 489 g/mol. The minimum absolute atomic E-state index is 0.0355. The number of Topliss-reactive ketones (excluding diaryl/α,β-unsaturated/α-hetero) is 1. The fourth-order valence-corrected chi connectivity index (χ4v) is 4.83. The molecule has 1 atom stereocenters. The number of hydrogen-bond acceptors (Lipinski definition) is 3. The normalized spacial score (nSPS) is 13.4. The van der Waals surface area contributed by atoms with Crippen LogP contribution in [0.15, 0.2) is 36.4 Å². The van der Waals surface area contributed by atoms with Gasteiger partial charge in [0.1, 0.15) is 11.4 Å². The summed E-state index contributed by atoms with van der Waals surface area (Å²) >= 11 is 0. The molecule has 0 aliphatic rings. The van der Waals surface area contributed by atoms with Crippen molar-refractivity contribution in [1.29, 1.82) is 0 Å². The summed E-state index contributed by atoms with van der Waals surface area (Å²) < 4.78 is 0. The number of rotatable bonds is 8. The Labute approximate surface area is 217 Å². The predicted molar refractivity (Wildman–Crippen MR) is 148 cm³/mol. The fraction of sp³-hybridized carbons (Fsp3) is 0.500. The van der Waals surface area contributed by atoms with Crippen LogP contribution in [0.2, 0.25) is 0 Å². The summed E-state index contributed by atoms with van der Waals surface area (Å²) in [6.07, 6.45) is 2.38. The molecule has 1 unspecified atom stereocenters. The SMILES string of the molecule is CCC(CC)(c1ccc(C#CC(O)(CC)C(C)(C)C)c(C)c1)c1ccc(C(=O)NCC(C)=O)c(C)c1. The molecule has 2 rings (SSSR count). The van der Waals surface area contributed by atoms with Gasteiger partial charge < -0.3 is 10.4 Å². The smallest absolute Gasteiger partial charge is 0.251 e. The second kappa shape index (κ2) is 11.4. The predicted octanol–water partition coefficient (Wildman–Crippen LogP) is 6.27. The molecule has 2 aromatic rings. The standard InChI is InChI=1S/C32H43NO3/c1-10-31(11-2,27-15-16-28(23(5)20-27)29(35)33-21-24(6)34)26-14-13-25(22(4)19-26)17-18-32(36,12-3)30(7,8)9/h13-16,19-20,36H,10-12,21H2,1-9H3,(H,33,35). The first-order valence-electron chi connectivity index (χ1n) is 13.0. The molecule has 0 heterocycles. The highest BCUT2D eigenvalue weighted by molar-refractivity contribution is 5.97. The lowest BCUT2D eigenvalue weighted by Gasteiger charge is -2.35. The van der Waals surface area contributed by atoms with Crippen molar-refractivity contribution in [3.63, 3.8) is 0 Å². The van der Waals surface area contributed by atoms with Crippen molar-refractivity contribution in [2.24, 2.45) is 5.41 Å². The molecule has 2 N–H and O–H groups in total. The molecule has 0 aliphatic carbocycles. The summed E-state index contributed by atoms with van der Waals surface area (Å²) in [5, 5.41) is 13.7. The van der Waals surface area contributed by atoms with Gasteiger partial charge in [-0.05, 0) is 74.4 Å². The summed E-state index contributed by atoms with van der Waals surface area (Å²) in [5.41, 5.74) is 4.26. The number of aryl methyl sites for hydroxylation is 2. The van der Waals surface area contributed by atoms with E-state index in [1.807, 2.05) is 46.8 Å². The maximum atomic E-state index is 12.5. The molecule has 194 valence electrons. The van der Waals surface area contributed by atoms with Crippen molar-refractivity contribution in [3.05, 3.63) is 69.8 Å². The highest BCUT2D eigenvalue weighted by Gasteiger charge is 2.37. The number of amides is 1. The van der Waals surface area contributed by atoms with Gasteiger partial charge in [0.05, 0.1) is 6.54 Å². The van der Waals surface area contributed by atoms with E-state index in [0.717, 1.165) is 29.5 Å². The van der Waals surface area contributed by atoms with Crippen LogP contribution in [0, 0.1) is 31.1 Å². The molecular formula is C32H43NO3. The van der Waals surface area contributed by atoms with Crippen LogP contribution in [0.4, 0.5) is 0 Å². The zero-order valence-electron chi connectivity index (χ0n) is 23.6. The topological polar surface area (TPSA) is 66.4 Å². The first kappa shape index (κ1) is 29.3. The molecule has 0 aromatic heterocycles. The third-order valence-corrected chi connectivity index (χ3v) is 7.66. The molecule has 0 radical (unpaired) electrons. The van der Waals surface area contributed by atoms with Gasteiger partial charge in [0, 0.05) is 22.0 Å². The van der Waals surface area contributed by atoms with Crippen LogP contribution >= 0.6 is 0 Å². The molecule has 4 nitrogen and oxygen atoms in total. The summed E-state index contributed by atoms with van der Waals surface area (Å²) in [7, 11) is 0. The van der Waals surface area contributed by atoms with Crippen molar-refractivity contribution >= 4 is 11.7 Å². The molecular weight excluding hydrogens is 446 g/mol. The largest absolute Gasteiger partial charge is 0.377 e. The molecule has 0 fully saturated rings. The molecule has 1 amide bonds. The Morgan fingerprint density at radius 3 is 1.89 bits per heavy atom. The van der Waals surface area contributed by atoms with E-state index in [1.165, 1.54) is 18.1 Å². The van der Waals surface area contributed by atoms with Crippen LogP contribution in [0.3, 0.4) is 0 Å². The van der Waals surface area contributed by atoms with Gasteiger partial charge in [0.25, 0.3) is 5.91 Å². The zero-order valence-corrected chi connectivity index (χ0v) is 23.6. The summed E-state index contributed by atoms with van der Waals surface area (Å²) in [6.45, 7) is 17.9. The van der Waals surface area contributed by atoms with E-state index in [4.69, 9.17) is 0 Å². The van der Waals surface area contributed by atoms with Gasteiger partial charge in [-0.15, -0.1) is 0 Å². The van der Waals surface area contributed by atoms with E-state index >= 15 is 0 Å². The third-order valence-electron chi connectivity index (χ3n) is 7.66. The van der Waals surface area contributed by atoms with E-state index in [1.54, 1.807) is 0 Å². The summed E-state index contributed by atoms with van der Waals surface area (Å²) in [5.74, 6) is 6.09. The van der Waals surface area contributed by atoms with Gasteiger partial charge in [0.15, 0.2) is 0 Å². The Morgan fingerprint density at radius 1 is 0.889 bits per heavy atom. The average Bonchev–Trinajstić information content (AvgIpc) is 2.82. The van der Waals surface area contributed by atoms with E-state index in [0.29, 0.717) is 12.0 Å². The Balaban J connectivity index is 2.48. The minimum atomic E-state index is -1.05. The lowest BCUT2D eigenvalue weighted by molar-refractivity contribution is -0.116. The van der Waals surface area contributed by atoms with Gasteiger partial charge in [-0.25, -0.2) is 0 Å². The van der Waals surface area contributed by atoms with E-state index < -0.39 is 5.60 Å². The molecule has 0 bridgehead atoms. The van der Waals surface area contributed by atoms with Crippen molar-refractivity contribution < 1.29 is 14.7 Å². The van der Waals surface area contributed by atoms with Gasteiger partial charge >= 0.3 is 0 Å². The maximum Gasteiger partial charge on any atom is 0.251 e. The van der Waals surface area contributed by atoms with E-state index in [-0.39, 0.29) is 29.1 Å². The molecule has 0 saturated heterocycles. The number of hydrogen-bond donors (Lipinski definition) is 2. The summed E-state index contributed by atoms with van der Waals surface area (Å²) in [6, 6.07) is 12.4. The second-order valence-electron chi connectivity index (χ2n) is 10.9. The van der Waals surface area contributed by atoms with E-state index in [9.17, 15) is 14.7 Å². The highest BCUT2D eigenvalue weighted by atomic mass is 16.3. The van der Waals surface area contributed by atoms with Crippen molar-refractivity contribution in [2.45, 2.75) is 92.6 Å². The maximum absolute atomic E-state index is 12.5. The number of aliphatic hydroxyl groups is 1. The lowest BCUT2D eigenvalue weighted by Crippen LogP contribution is -2.40. The van der Waals surface area contributed by atoms with Crippen LogP contribution in [0.1, 0.15) is 106 Å². The van der Waals surface area contributed by atoms with Crippen molar-refractivity contribution in [2.75, 3.05) is 6.54 Å². The fourth-order valence-electron chi connectivity index (χ4n) is 4.83. The minimum Gasteiger partial charge on any atom is -0.377 e. The Morgan fingerprint density at radius 2 is 1.44 bits per heavy atom. The Hall–Kier alpha value is -2.90. The molecule has 4 heteroatoms. The number of carbonyl (C=O) groups excluding carboxylic acids is 2.